The minimum atomic E-state index is 1.33. The molecular formula is C11H24S. The molecule has 0 aromatic rings. The topological polar surface area (TPSA) is 0 Å². The lowest BCUT2D eigenvalue weighted by atomic mass is 10.1. The standard InChI is InChI=1S/C11H24S/c1-3-5-6-7-8-9-11-12-10-4-2/h3-11H2,1-2H3. The molecule has 12 heavy (non-hydrogen) atoms. The van der Waals surface area contributed by atoms with Crippen molar-refractivity contribution >= 4 is 11.8 Å². The molecule has 0 bridgehead atoms. The van der Waals surface area contributed by atoms with Crippen molar-refractivity contribution in [3.05, 3.63) is 0 Å². The number of hydrogen-bond acceptors (Lipinski definition) is 1. The molecule has 0 nitrogen and oxygen atoms in total. The Morgan fingerprint density at radius 2 is 1.33 bits per heavy atom. The fourth-order valence-corrected chi connectivity index (χ4v) is 2.13. The second-order valence-electron chi connectivity index (χ2n) is 3.38. The SMILES string of the molecule is CCCCCCCCSCCC. The summed E-state index contributed by atoms with van der Waals surface area (Å²) < 4.78 is 0. The lowest BCUT2D eigenvalue weighted by molar-refractivity contribution is 0.627. The van der Waals surface area contributed by atoms with E-state index in [0.717, 1.165) is 0 Å². The summed E-state index contributed by atoms with van der Waals surface area (Å²) in [6.45, 7) is 4.53. The Morgan fingerprint density at radius 3 is 2.00 bits per heavy atom. The fraction of sp³-hybridized carbons (Fsp3) is 1.00. The van der Waals surface area contributed by atoms with Crippen molar-refractivity contribution in [2.24, 2.45) is 0 Å². The van der Waals surface area contributed by atoms with E-state index < -0.39 is 0 Å². The lowest BCUT2D eigenvalue weighted by Gasteiger charge is -2.00. The summed E-state index contributed by atoms with van der Waals surface area (Å²) >= 11 is 2.12. The molecule has 0 aliphatic heterocycles. The van der Waals surface area contributed by atoms with Gasteiger partial charge in [0.15, 0.2) is 0 Å². The number of hydrogen-bond donors (Lipinski definition) is 0. The molecule has 0 heterocycles. The third kappa shape index (κ3) is 10.3. The fourth-order valence-electron chi connectivity index (χ4n) is 1.23. The van der Waals surface area contributed by atoms with E-state index in [1.54, 1.807) is 0 Å². The van der Waals surface area contributed by atoms with Gasteiger partial charge in [0, 0.05) is 0 Å². The number of unbranched alkanes of at least 4 members (excludes halogenated alkanes) is 5. The van der Waals surface area contributed by atoms with E-state index in [1.807, 2.05) is 0 Å². The van der Waals surface area contributed by atoms with Gasteiger partial charge in [0.1, 0.15) is 0 Å². The molecule has 0 saturated carbocycles. The molecule has 0 aliphatic carbocycles. The van der Waals surface area contributed by atoms with Crippen molar-refractivity contribution in [1.29, 1.82) is 0 Å². The van der Waals surface area contributed by atoms with Gasteiger partial charge in [-0.3, -0.25) is 0 Å². The van der Waals surface area contributed by atoms with Gasteiger partial charge in [-0.15, -0.1) is 0 Å². The van der Waals surface area contributed by atoms with E-state index in [1.165, 1.54) is 56.5 Å². The molecule has 0 radical (unpaired) electrons. The van der Waals surface area contributed by atoms with Gasteiger partial charge in [-0.2, -0.15) is 11.8 Å². The monoisotopic (exact) mass is 188 g/mol. The molecule has 0 unspecified atom stereocenters. The van der Waals surface area contributed by atoms with Crippen LogP contribution in [0.1, 0.15) is 58.8 Å². The molecule has 0 rings (SSSR count). The van der Waals surface area contributed by atoms with Crippen LogP contribution in [0.2, 0.25) is 0 Å². The summed E-state index contributed by atoms with van der Waals surface area (Å²) in [6, 6.07) is 0. The normalized spacial score (nSPS) is 10.5. The van der Waals surface area contributed by atoms with Crippen molar-refractivity contribution in [2.45, 2.75) is 58.8 Å². The van der Waals surface area contributed by atoms with Gasteiger partial charge in [-0.05, 0) is 24.3 Å². The first-order chi connectivity index (χ1) is 5.91. The molecule has 0 aromatic heterocycles. The molecule has 0 amide bonds. The highest BCUT2D eigenvalue weighted by molar-refractivity contribution is 7.99. The Labute approximate surface area is 82.5 Å². The first-order valence-corrected chi connectivity index (χ1v) is 6.65. The van der Waals surface area contributed by atoms with Crippen LogP contribution in [0.15, 0.2) is 0 Å². The van der Waals surface area contributed by atoms with Crippen LogP contribution in [0.3, 0.4) is 0 Å². The van der Waals surface area contributed by atoms with Crippen LogP contribution in [0, 0.1) is 0 Å². The minimum Gasteiger partial charge on any atom is -0.162 e. The molecule has 74 valence electrons. The second kappa shape index (κ2) is 11.4. The van der Waals surface area contributed by atoms with Crippen LogP contribution < -0.4 is 0 Å². The van der Waals surface area contributed by atoms with Crippen molar-refractivity contribution in [2.75, 3.05) is 11.5 Å². The third-order valence-corrected chi connectivity index (χ3v) is 3.26. The van der Waals surface area contributed by atoms with Crippen molar-refractivity contribution in [1.82, 2.24) is 0 Å². The van der Waals surface area contributed by atoms with E-state index in [-0.39, 0.29) is 0 Å². The largest absolute Gasteiger partial charge is 0.162 e. The summed E-state index contributed by atoms with van der Waals surface area (Å²) in [5.41, 5.74) is 0. The summed E-state index contributed by atoms with van der Waals surface area (Å²) in [5, 5.41) is 0. The molecule has 0 fully saturated rings. The predicted octanol–water partition coefficient (Wildman–Crippen LogP) is 4.49. The maximum absolute atomic E-state index is 2.27. The Morgan fingerprint density at radius 1 is 0.667 bits per heavy atom. The van der Waals surface area contributed by atoms with Gasteiger partial charge < -0.3 is 0 Å². The van der Waals surface area contributed by atoms with Crippen LogP contribution in [0.25, 0.3) is 0 Å². The molecule has 0 atom stereocenters. The predicted molar refractivity (Wildman–Crippen MR) is 61.0 cm³/mol. The van der Waals surface area contributed by atoms with Crippen molar-refractivity contribution in [3.63, 3.8) is 0 Å². The van der Waals surface area contributed by atoms with Gasteiger partial charge in [0.25, 0.3) is 0 Å². The number of thioether (sulfide) groups is 1. The second-order valence-corrected chi connectivity index (χ2v) is 4.60. The molecule has 0 aliphatic rings. The zero-order valence-corrected chi connectivity index (χ0v) is 9.59. The third-order valence-electron chi connectivity index (χ3n) is 1.99. The zero-order chi connectivity index (χ0) is 9.07. The van der Waals surface area contributed by atoms with E-state index in [9.17, 15) is 0 Å². The summed E-state index contributed by atoms with van der Waals surface area (Å²) in [7, 11) is 0. The highest BCUT2D eigenvalue weighted by atomic mass is 32.2. The van der Waals surface area contributed by atoms with Crippen molar-refractivity contribution < 1.29 is 0 Å². The Bertz CT molecular complexity index is 61.4. The first-order valence-electron chi connectivity index (χ1n) is 5.49. The van der Waals surface area contributed by atoms with Gasteiger partial charge in [0.2, 0.25) is 0 Å². The molecule has 1 heteroatoms. The van der Waals surface area contributed by atoms with Crippen molar-refractivity contribution in [3.8, 4) is 0 Å². The van der Waals surface area contributed by atoms with E-state index in [0.29, 0.717) is 0 Å². The summed E-state index contributed by atoms with van der Waals surface area (Å²) in [6.07, 6.45) is 9.94. The van der Waals surface area contributed by atoms with Crippen LogP contribution in [-0.2, 0) is 0 Å². The maximum atomic E-state index is 2.27. The highest BCUT2D eigenvalue weighted by Crippen LogP contribution is 2.09. The molecule has 0 N–H and O–H groups in total. The van der Waals surface area contributed by atoms with Crippen LogP contribution in [0.5, 0.6) is 0 Å². The number of rotatable bonds is 9. The highest BCUT2D eigenvalue weighted by Gasteiger charge is 1.90. The zero-order valence-electron chi connectivity index (χ0n) is 8.77. The lowest BCUT2D eigenvalue weighted by Crippen LogP contribution is -1.83. The smallest absolute Gasteiger partial charge is 0.00675 e. The van der Waals surface area contributed by atoms with Gasteiger partial charge in [-0.25, -0.2) is 0 Å². The Balaban J connectivity index is 2.73. The van der Waals surface area contributed by atoms with Crippen LogP contribution in [0.4, 0.5) is 0 Å². The molecule has 0 spiro atoms. The quantitative estimate of drug-likeness (QED) is 0.480. The maximum Gasteiger partial charge on any atom is -0.00675 e. The average Bonchev–Trinajstić information content (AvgIpc) is 2.10. The van der Waals surface area contributed by atoms with Gasteiger partial charge in [0.05, 0.1) is 0 Å². The summed E-state index contributed by atoms with van der Waals surface area (Å²) in [5.74, 6) is 2.74. The molecule has 0 aromatic carbocycles. The summed E-state index contributed by atoms with van der Waals surface area (Å²) in [4.78, 5) is 0. The van der Waals surface area contributed by atoms with E-state index >= 15 is 0 Å². The molecular weight excluding hydrogens is 164 g/mol. The van der Waals surface area contributed by atoms with Gasteiger partial charge in [-0.1, -0.05) is 46.0 Å². The average molecular weight is 188 g/mol. The molecule has 0 saturated heterocycles. The van der Waals surface area contributed by atoms with Crippen LogP contribution in [-0.4, -0.2) is 11.5 Å². The van der Waals surface area contributed by atoms with E-state index in [2.05, 4.69) is 25.6 Å². The Hall–Kier alpha value is 0.350. The minimum absolute atomic E-state index is 1.33. The van der Waals surface area contributed by atoms with Crippen LogP contribution >= 0.6 is 11.8 Å². The first kappa shape index (κ1) is 12.3. The van der Waals surface area contributed by atoms with Gasteiger partial charge >= 0.3 is 0 Å². The Kier molecular flexibility index (Phi) is 11.7. The van der Waals surface area contributed by atoms with E-state index in [4.69, 9.17) is 0 Å².